The van der Waals surface area contributed by atoms with Crippen LogP contribution in [-0.2, 0) is 0 Å². The molecule has 1 saturated heterocycles. The highest BCUT2D eigenvalue weighted by molar-refractivity contribution is 7.13. The number of carbonyl (C=O) groups is 2. The smallest absolute Gasteiger partial charge is 0.261 e. The molecule has 1 aliphatic carbocycles. The fourth-order valence-corrected chi connectivity index (χ4v) is 6.66. The molecule has 6 nitrogen and oxygen atoms in total. The Bertz CT molecular complexity index is 1170. The van der Waals surface area contributed by atoms with Gasteiger partial charge in [0.2, 0.25) is 0 Å². The maximum absolute atomic E-state index is 12.7. The molecule has 1 aromatic heterocycles. The zero-order chi connectivity index (χ0) is 23.1. The van der Waals surface area contributed by atoms with Crippen molar-refractivity contribution >= 4 is 39.3 Å². The number of nitrogens with zero attached hydrogens (tertiary/aromatic N) is 4. The molecular formula is C27H30N4O2S. The van der Waals surface area contributed by atoms with Crippen LogP contribution in [0.4, 0.5) is 5.82 Å². The predicted molar refractivity (Wildman–Crippen MR) is 136 cm³/mol. The maximum atomic E-state index is 12.7. The van der Waals surface area contributed by atoms with E-state index >= 15 is 0 Å². The van der Waals surface area contributed by atoms with E-state index in [2.05, 4.69) is 34.1 Å². The highest BCUT2D eigenvalue weighted by Gasteiger charge is 2.37. The second kappa shape index (κ2) is 9.12. The third kappa shape index (κ3) is 4.01. The summed E-state index contributed by atoms with van der Waals surface area (Å²) in [5.41, 5.74) is 1.12. The molecule has 7 heteroatoms. The fourth-order valence-electron chi connectivity index (χ4n) is 5.87. The van der Waals surface area contributed by atoms with Gasteiger partial charge in [0.25, 0.3) is 11.8 Å². The van der Waals surface area contributed by atoms with Crippen molar-refractivity contribution < 1.29 is 9.59 Å². The van der Waals surface area contributed by atoms with Gasteiger partial charge in [-0.2, -0.15) is 4.37 Å². The lowest BCUT2D eigenvalue weighted by Crippen LogP contribution is -2.48. The van der Waals surface area contributed by atoms with Gasteiger partial charge in [-0.3, -0.25) is 19.4 Å². The largest absolute Gasteiger partial charge is 0.353 e. The Morgan fingerprint density at radius 3 is 2.03 bits per heavy atom. The Kier molecular flexibility index (Phi) is 5.83. The molecule has 3 aromatic rings. The molecule has 34 heavy (non-hydrogen) atoms. The minimum absolute atomic E-state index is 0.117. The topological polar surface area (TPSA) is 56.8 Å². The van der Waals surface area contributed by atoms with E-state index in [1.54, 1.807) is 23.7 Å². The highest BCUT2D eigenvalue weighted by Crippen LogP contribution is 2.33. The first kappa shape index (κ1) is 21.7. The van der Waals surface area contributed by atoms with Gasteiger partial charge in [-0.25, -0.2) is 0 Å². The number of rotatable bonds is 5. The first-order chi connectivity index (χ1) is 16.7. The molecular weight excluding hydrogens is 444 g/mol. The normalized spacial score (nSPS) is 23.6. The number of hydrogen-bond donors (Lipinski definition) is 0. The van der Waals surface area contributed by atoms with Crippen molar-refractivity contribution in [1.29, 1.82) is 0 Å². The van der Waals surface area contributed by atoms with Gasteiger partial charge < -0.3 is 4.90 Å². The lowest BCUT2D eigenvalue weighted by atomic mass is 9.81. The molecule has 2 fully saturated rings. The summed E-state index contributed by atoms with van der Waals surface area (Å²) >= 11 is 1.59. The summed E-state index contributed by atoms with van der Waals surface area (Å²) in [5, 5.41) is 1.28. The third-order valence-corrected chi connectivity index (χ3v) is 8.65. The van der Waals surface area contributed by atoms with Crippen molar-refractivity contribution in [3.63, 3.8) is 0 Å². The molecule has 3 aliphatic rings. The minimum atomic E-state index is -0.117. The SMILES string of the molecule is O=C1c2ccccc2C(=O)N1CC1CCC(CN2CCN(c3nsc4ccccc34)CC2)CC1. The number of amides is 2. The summed E-state index contributed by atoms with van der Waals surface area (Å²) in [6, 6.07) is 15.7. The molecule has 0 spiro atoms. The monoisotopic (exact) mass is 474 g/mol. The quantitative estimate of drug-likeness (QED) is 0.509. The summed E-state index contributed by atoms with van der Waals surface area (Å²) in [4.78, 5) is 31.9. The van der Waals surface area contributed by atoms with Crippen LogP contribution in [0.3, 0.4) is 0 Å². The molecule has 0 N–H and O–H groups in total. The van der Waals surface area contributed by atoms with Crippen molar-refractivity contribution in [2.75, 3.05) is 44.2 Å². The second-order valence-corrected chi connectivity index (χ2v) is 10.7. The third-order valence-electron chi connectivity index (χ3n) is 7.83. The van der Waals surface area contributed by atoms with E-state index in [9.17, 15) is 9.59 Å². The van der Waals surface area contributed by atoms with Crippen molar-refractivity contribution in [1.82, 2.24) is 14.2 Å². The molecule has 0 unspecified atom stereocenters. The van der Waals surface area contributed by atoms with E-state index in [1.807, 2.05) is 12.1 Å². The molecule has 0 atom stereocenters. The first-order valence-electron chi connectivity index (χ1n) is 12.4. The zero-order valence-electron chi connectivity index (χ0n) is 19.4. The van der Waals surface area contributed by atoms with E-state index in [0.29, 0.717) is 29.5 Å². The van der Waals surface area contributed by atoms with Crippen LogP contribution in [0.5, 0.6) is 0 Å². The highest BCUT2D eigenvalue weighted by atomic mass is 32.1. The molecule has 2 amide bonds. The maximum Gasteiger partial charge on any atom is 0.261 e. The Morgan fingerprint density at radius 1 is 0.765 bits per heavy atom. The Balaban J connectivity index is 0.978. The molecule has 2 aromatic carbocycles. The van der Waals surface area contributed by atoms with Crippen molar-refractivity contribution in [3.05, 3.63) is 59.7 Å². The second-order valence-electron chi connectivity index (χ2n) is 9.94. The van der Waals surface area contributed by atoms with Crippen LogP contribution in [0.1, 0.15) is 46.4 Å². The van der Waals surface area contributed by atoms with Crippen LogP contribution < -0.4 is 4.90 Å². The Morgan fingerprint density at radius 2 is 1.35 bits per heavy atom. The van der Waals surface area contributed by atoms with Gasteiger partial charge in [0, 0.05) is 44.7 Å². The average molecular weight is 475 g/mol. The number of piperazine rings is 1. The molecule has 6 rings (SSSR count). The summed E-state index contributed by atoms with van der Waals surface area (Å²) in [6.45, 7) is 5.96. The number of imide groups is 1. The van der Waals surface area contributed by atoms with Crippen LogP contribution in [0.25, 0.3) is 10.1 Å². The van der Waals surface area contributed by atoms with Crippen LogP contribution in [0, 0.1) is 11.8 Å². The van der Waals surface area contributed by atoms with Gasteiger partial charge >= 0.3 is 0 Å². The van der Waals surface area contributed by atoms with Gasteiger partial charge in [0.15, 0.2) is 0 Å². The van der Waals surface area contributed by atoms with Gasteiger partial charge in [-0.15, -0.1) is 0 Å². The first-order valence-corrected chi connectivity index (χ1v) is 13.2. The zero-order valence-corrected chi connectivity index (χ0v) is 20.2. The summed E-state index contributed by atoms with van der Waals surface area (Å²) in [7, 11) is 0. The summed E-state index contributed by atoms with van der Waals surface area (Å²) in [6.07, 6.45) is 4.57. The van der Waals surface area contributed by atoms with Gasteiger partial charge in [-0.1, -0.05) is 24.3 Å². The molecule has 1 saturated carbocycles. The Labute approximate surface area is 204 Å². The number of carbonyl (C=O) groups excluding carboxylic acids is 2. The fraction of sp³-hybridized carbons (Fsp3) is 0.444. The van der Waals surface area contributed by atoms with E-state index in [-0.39, 0.29) is 11.8 Å². The summed E-state index contributed by atoms with van der Waals surface area (Å²) < 4.78 is 5.99. The van der Waals surface area contributed by atoms with E-state index < -0.39 is 0 Å². The predicted octanol–water partition coefficient (Wildman–Crippen LogP) is 4.52. The molecule has 2 aliphatic heterocycles. The standard InChI is InChI=1S/C27H30N4O2S/c32-26-21-5-1-2-6-22(21)27(33)31(26)18-20-11-9-19(10-12-20)17-29-13-15-30(16-14-29)25-23-7-3-4-8-24(23)34-28-25/h1-8,19-20H,9-18H2. The lowest BCUT2D eigenvalue weighted by Gasteiger charge is -2.38. The lowest BCUT2D eigenvalue weighted by molar-refractivity contribution is 0.0605. The van der Waals surface area contributed by atoms with Gasteiger partial charge in [0.1, 0.15) is 5.82 Å². The molecule has 0 radical (unpaired) electrons. The van der Waals surface area contributed by atoms with E-state index in [1.165, 1.54) is 27.8 Å². The van der Waals surface area contributed by atoms with E-state index in [0.717, 1.165) is 51.4 Å². The number of benzene rings is 2. The number of fused-ring (bicyclic) bond motifs is 2. The van der Waals surface area contributed by atoms with Gasteiger partial charge in [0.05, 0.1) is 15.8 Å². The van der Waals surface area contributed by atoms with Crippen LogP contribution in [0.15, 0.2) is 48.5 Å². The van der Waals surface area contributed by atoms with E-state index in [4.69, 9.17) is 4.37 Å². The minimum Gasteiger partial charge on any atom is -0.353 e. The van der Waals surface area contributed by atoms with Crippen molar-refractivity contribution in [2.24, 2.45) is 11.8 Å². The van der Waals surface area contributed by atoms with Gasteiger partial charge in [-0.05, 0) is 73.3 Å². The van der Waals surface area contributed by atoms with Crippen molar-refractivity contribution in [3.8, 4) is 0 Å². The molecule has 3 heterocycles. The summed E-state index contributed by atoms with van der Waals surface area (Å²) in [5.74, 6) is 2.05. The average Bonchev–Trinajstić information content (AvgIpc) is 3.41. The van der Waals surface area contributed by atoms with Crippen molar-refractivity contribution in [2.45, 2.75) is 25.7 Å². The Hall–Kier alpha value is -2.77. The number of anilines is 1. The number of aromatic nitrogens is 1. The van der Waals surface area contributed by atoms with Crippen LogP contribution in [0.2, 0.25) is 0 Å². The molecule has 176 valence electrons. The van der Waals surface area contributed by atoms with Crippen LogP contribution >= 0.6 is 11.5 Å². The molecule has 0 bridgehead atoms. The number of hydrogen-bond acceptors (Lipinski definition) is 6. The van der Waals surface area contributed by atoms with Crippen LogP contribution in [-0.4, -0.2) is 65.3 Å².